The van der Waals surface area contributed by atoms with Gasteiger partial charge in [-0.25, -0.2) is 14.6 Å². The first-order chi connectivity index (χ1) is 47.9. The van der Waals surface area contributed by atoms with E-state index >= 15 is 0 Å². The molecule has 99 heavy (non-hydrogen) atoms. The fourth-order valence-corrected chi connectivity index (χ4v) is 12.3. The molecule has 0 atom stereocenters. The summed E-state index contributed by atoms with van der Waals surface area (Å²) in [6.07, 6.45) is 71.0. The summed E-state index contributed by atoms with van der Waals surface area (Å²) in [4.78, 5) is 32.3. The number of carboxylic acid groups (broad SMARTS) is 2. The van der Waals surface area contributed by atoms with Crippen molar-refractivity contribution in [1.29, 1.82) is 0 Å². The van der Waals surface area contributed by atoms with Crippen LogP contribution in [-0.4, -0.2) is 43.8 Å². The van der Waals surface area contributed by atoms with Gasteiger partial charge in [-0.05, 0) is 149 Å². The van der Waals surface area contributed by atoms with Crippen molar-refractivity contribution in [2.45, 2.75) is 350 Å². The predicted molar refractivity (Wildman–Crippen MR) is 414 cm³/mol. The molecule has 0 aliphatic carbocycles. The van der Waals surface area contributed by atoms with Crippen molar-refractivity contribution >= 4 is 34.7 Å². The number of para-hydroxylation sites is 2. The van der Waals surface area contributed by atoms with Crippen molar-refractivity contribution in [3.63, 3.8) is 0 Å². The average Bonchev–Trinajstić information content (AvgIpc) is 0.845. The minimum Gasteiger partial charge on any atom is -0.869 e. The molecule has 0 saturated carbocycles. The Labute approximate surface area is 613 Å². The van der Waals surface area contributed by atoms with E-state index in [9.17, 15) is 19.8 Å². The van der Waals surface area contributed by atoms with E-state index in [0.29, 0.717) is 24.0 Å². The molecule has 554 valence electrons. The number of aliphatic imine (C=N–C) groups is 2. The molecule has 0 unspecified atom stereocenters. The van der Waals surface area contributed by atoms with Gasteiger partial charge in [0.05, 0.1) is 28.2 Å². The second kappa shape index (κ2) is 62.9. The number of benzene rings is 4. The molecule has 11 heteroatoms. The molecule has 0 aliphatic rings. The Hall–Kier alpha value is -6.11. The Morgan fingerprint density at radius 2 is 0.697 bits per heavy atom. The van der Waals surface area contributed by atoms with Crippen molar-refractivity contribution in [1.82, 2.24) is 0 Å². The summed E-state index contributed by atoms with van der Waals surface area (Å²) in [6, 6.07) is 23.0. The van der Waals surface area contributed by atoms with Gasteiger partial charge >= 0.3 is 28.4 Å². The number of nitrogens with zero attached hydrogens (tertiary/aromatic N) is 2. The second-order valence-corrected chi connectivity index (χ2v) is 26.9. The Bertz CT molecular complexity index is 2830. The van der Waals surface area contributed by atoms with Crippen LogP contribution in [0.25, 0.3) is 0 Å². The molecule has 0 amide bonds. The normalized spacial score (nSPS) is 11.5. The van der Waals surface area contributed by atoms with Gasteiger partial charge in [0, 0.05) is 6.42 Å². The molecule has 0 spiro atoms. The average molecular weight is 1410 g/mol. The number of phenols is 2. The number of hydrogen-bond acceptors (Lipinski definition) is 8. The van der Waals surface area contributed by atoms with Gasteiger partial charge in [0.1, 0.15) is 17.2 Å². The smallest absolute Gasteiger partial charge is 0.869 e. The third kappa shape index (κ3) is 44.0. The summed E-state index contributed by atoms with van der Waals surface area (Å²) >= 11 is 0. The number of carboxylic acids is 2. The van der Waals surface area contributed by atoms with E-state index in [1.165, 1.54) is 267 Å². The molecule has 0 radical (unpaired) electrons. The number of hydrogen-bond donors (Lipinski definition) is 4. The van der Waals surface area contributed by atoms with Crippen LogP contribution in [0.5, 0.6) is 23.0 Å². The standard InChI is InChI=1S/C70H116N2.2C9H10O4.Ni/c1-5-9-13-16-19-22-25-28-31-32-33-34-37-40-43-46-49-52-64-70(72-68-63-56-54-60-66(68)58-51-48-45-42-39-36-30-27-24-21-18-15-11-7-3)69(61-12-8-4)71-67-62-55-53-59-65(67)57-50-47-44-41-38-35-29-26-23-20-17-14-10-6-2;2*1-2-5-3-4-6(10)8(11)7(5)9(12)13;/h41-42,44-45,53-56,59-60,62-63H,5-40,43,46-51,57-58,61H2,1-4H3;2*3-4,10-11H,2H2,1H3,(H,12,13);/q;;;+2/p-2. The number of aromatic hydroxyl groups is 2. The molecule has 10 nitrogen and oxygen atoms in total. The SMILES string of the molecule is CCCCCCCCCCCC=CCCCc1ccccc1N=C(C#CCCCCCCCCCCCCCCCCCC)C(CCCC)=Nc1ccccc1CCCC=CCCCCCCCCCCC.CCc1ccc(O)c([O-])c1C(=O)O.CCc1ccc(O)c([O-])c1C(=O)O.[Ni+2]. The van der Waals surface area contributed by atoms with Crippen LogP contribution in [0, 0.1) is 11.8 Å². The number of allylic oxidation sites excluding steroid dienone is 4. The monoisotopic (exact) mass is 1400 g/mol. The Morgan fingerprint density at radius 3 is 1.04 bits per heavy atom. The van der Waals surface area contributed by atoms with Crippen molar-refractivity contribution in [3.8, 4) is 34.8 Å². The van der Waals surface area contributed by atoms with Crippen LogP contribution >= 0.6 is 0 Å². The van der Waals surface area contributed by atoms with Gasteiger partial charge in [0.25, 0.3) is 0 Å². The maximum Gasteiger partial charge on any atom is 2.00 e. The molecule has 0 aliphatic heterocycles. The van der Waals surface area contributed by atoms with E-state index in [1.54, 1.807) is 13.8 Å². The minimum absolute atomic E-state index is 0. The van der Waals surface area contributed by atoms with Crippen LogP contribution in [-0.2, 0) is 42.2 Å². The van der Waals surface area contributed by atoms with Gasteiger partial charge in [-0.15, -0.1) is 0 Å². The Kier molecular flexibility index (Phi) is 57.7. The zero-order chi connectivity index (χ0) is 71.3. The topological polar surface area (TPSA) is 186 Å². The molecule has 4 aromatic carbocycles. The van der Waals surface area contributed by atoms with E-state index in [0.717, 1.165) is 87.0 Å². The summed E-state index contributed by atoms with van der Waals surface area (Å²) in [5.74, 6) is 2.04. The summed E-state index contributed by atoms with van der Waals surface area (Å²) in [5.41, 5.74) is 6.97. The first-order valence-corrected chi connectivity index (χ1v) is 39.5. The van der Waals surface area contributed by atoms with Crippen LogP contribution in [0.2, 0.25) is 0 Å². The second-order valence-electron chi connectivity index (χ2n) is 26.9. The summed E-state index contributed by atoms with van der Waals surface area (Å²) < 4.78 is 0. The van der Waals surface area contributed by atoms with Crippen LogP contribution in [0.4, 0.5) is 11.4 Å². The van der Waals surface area contributed by atoms with Crippen LogP contribution in [0.1, 0.15) is 367 Å². The molecule has 0 heterocycles. The van der Waals surface area contributed by atoms with E-state index in [4.69, 9.17) is 30.4 Å². The van der Waals surface area contributed by atoms with Crippen molar-refractivity contribution in [2.75, 3.05) is 0 Å². The van der Waals surface area contributed by atoms with Crippen LogP contribution in [0.3, 0.4) is 0 Å². The maximum absolute atomic E-state index is 11.2. The fourth-order valence-electron chi connectivity index (χ4n) is 12.3. The summed E-state index contributed by atoms with van der Waals surface area (Å²) in [6.45, 7) is 12.7. The van der Waals surface area contributed by atoms with Gasteiger partial charge in [-0.3, -0.25) is 4.99 Å². The largest absolute Gasteiger partial charge is 2.00 e. The number of aryl methyl sites for hydroxylation is 4. The Balaban J connectivity index is 0.00000149. The van der Waals surface area contributed by atoms with Gasteiger partial charge < -0.3 is 30.6 Å². The van der Waals surface area contributed by atoms with Crippen molar-refractivity contribution in [3.05, 3.63) is 130 Å². The maximum atomic E-state index is 11.2. The van der Waals surface area contributed by atoms with Crippen molar-refractivity contribution in [2.24, 2.45) is 9.98 Å². The predicted octanol–water partition coefficient (Wildman–Crippen LogP) is 25.4. The molecule has 4 rings (SSSR count). The third-order valence-electron chi connectivity index (χ3n) is 18.4. The van der Waals surface area contributed by atoms with E-state index in [2.05, 4.69) is 112 Å². The fraction of sp³-hybridized carbons (Fsp3) is 0.614. The molecule has 4 N–H and O–H groups in total. The van der Waals surface area contributed by atoms with E-state index < -0.39 is 34.9 Å². The quantitative estimate of drug-likeness (QED) is 0.0111. The first kappa shape index (κ1) is 90.9. The van der Waals surface area contributed by atoms with E-state index in [-0.39, 0.29) is 27.6 Å². The molecule has 0 aromatic heterocycles. The molecule has 0 bridgehead atoms. The molecule has 0 saturated heterocycles. The van der Waals surface area contributed by atoms with Gasteiger partial charge in [-0.1, -0.05) is 337 Å². The molecule has 0 fully saturated rings. The minimum atomic E-state index is -1.29. The van der Waals surface area contributed by atoms with Crippen LogP contribution < -0.4 is 10.2 Å². The van der Waals surface area contributed by atoms with Gasteiger partial charge in [0.15, 0.2) is 0 Å². The van der Waals surface area contributed by atoms with Gasteiger partial charge in [-0.2, -0.15) is 0 Å². The number of unbranched alkanes of at least 4 members (excludes halogenated alkanes) is 37. The zero-order valence-corrected chi connectivity index (χ0v) is 63.8. The zero-order valence-electron chi connectivity index (χ0n) is 62.8. The van der Waals surface area contributed by atoms with Gasteiger partial charge in [0.2, 0.25) is 0 Å². The van der Waals surface area contributed by atoms with Crippen LogP contribution in [0.15, 0.2) is 107 Å². The summed E-state index contributed by atoms with van der Waals surface area (Å²) in [5, 5.41) is 57.7. The molecular weight excluding hydrogens is 1270 g/mol. The first-order valence-electron chi connectivity index (χ1n) is 39.5. The van der Waals surface area contributed by atoms with Crippen molar-refractivity contribution < 1.29 is 56.7 Å². The Morgan fingerprint density at radius 1 is 0.384 bits per heavy atom. The number of rotatable bonds is 54. The number of aromatic carboxylic acids is 2. The van der Waals surface area contributed by atoms with E-state index in [1.807, 2.05) is 0 Å². The number of phenolic OH excluding ortho intramolecular Hbond substituents is 2. The molecular formula is C88H134N2NiO8. The number of carbonyl (C=O) groups is 2. The third-order valence-corrected chi connectivity index (χ3v) is 18.4. The summed E-state index contributed by atoms with van der Waals surface area (Å²) in [7, 11) is 0. The molecule has 4 aromatic rings.